The number of carbonyl (C=O) groups excluding carboxylic acids is 1. The first-order valence-corrected chi connectivity index (χ1v) is 8.23. The molecule has 2 aromatic carbocycles. The molecule has 1 N–H and O–H groups in total. The van der Waals surface area contributed by atoms with Gasteiger partial charge in [-0.1, -0.05) is 36.4 Å². The number of benzene rings is 2. The second-order valence-corrected chi connectivity index (χ2v) is 6.74. The molecule has 0 radical (unpaired) electrons. The monoisotopic (exact) mass is 332 g/mol. The number of ether oxygens (including phenoxy) is 1. The van der Waals surface area contributed by atoms with Gasteiger partial charge in [0.1, 0.15) is 23.0 Å². The minimum Gasteiger partial charge on any atom is -0.487 e. The Balaban J connectivity index is 1.73. The molecule has 1 aliphatic heterocycles. The minimum absolute atomic E-state index is 0.0917. The zero-order valence-electron chi connectivity index (χ0n) is 14.4. The van der Waals surface area contributed by atoms with Crippen LogP contribution in [0, 0.1) is 11.3 Å². The van der Waals surface area contributed by atoms with E-state index in [-0.39, 0.29) is 17.1 Å². The molecular weight excluding hydrogens is 312 g/mol. The van der Waals surface area contributed by atoms with Crippen molar-refractivity contribution in [3.05, 3.63) is 70.8 Å². The quantitative estimate of drug-likeness (QED) is 0.687. The van der Waals surface area contributed by atoms with Crippen LogP contribution in [0.2, 0.25) is 0 Å². The number of hydrogen-bond donors (Lipinski definition) is 1. The van der Waals surface area contributed by atoms with Gasteiger partial charge in [-0.25, -0.2) is 0 Å². The van der Waals surface area contributed by atoms with Crippen molar-refractivity contribution in [2.45, 2.75) is 32.4 Å². The molecule has 1 amide bonds. The fourth-order valence-corrected chi connectivity index (χ4v) is 2.91. The number of fused-ring (bicyclic) bond motifs is 1. The van der Waals surface area contributed by atoms with E-state index in [9.17, 15) is 10.1 Å². The molecule has 2 aromatic rings. The largest absolute Gasteiger partial charge is 0.487 e. The zero-order valence-corrected chi connectivity index (χ0v) is 14.4. The van der Waals surface area contributed by atoms with Gasteiger partial charge in [-0.3, -0.25) is 4.79 Å². The van der Waals surface area contributed by atoms with Gasteiger partial charge in [-0.05, 0) is 48.7 Å². The molecular formula is C21H20N2O2. The number of nitrogens with one attached hydrogen (secondary N) is 1. The molecule has 25 heavy (non-hydrogen) atoms. The van der Waals surface area contributed by atoms with Gasteiger partial charge in [0.2, 0.25) is 0 Å². The van der Waals surface area contributed by atoms with E-state index < -0.39 is 0 Å². The number of carbonyl (C=O) groups is 1. The molecule has 0 spiro atoms. The predicted octanol–water partition coefficient (Wildman–Crippen LogP) is 3.62. The Hall–Kier alpha value is -3.06. The van der Waals surface area contributed by atoms with E-state index in [2.05, 4.69) is 5.32 Å². The first-order valence-electron chi connectivity index (χ1n) is 8.23. The highest BCUT2D eigenvalue weighted by Crippen LogP contribution is 2.35. The van der Waals surface area contributed by atoms with Crippen LogP contribution in [0.5, 0.6) is 5.75 Å². The van der Waals surface area contributed by atoms with Crippen LogP contribution in [0.3, 0.4) is 0 Å². The zero-order chi connectivity index (χ0) is 17.9. The van der Waals surface area contributed by atoms with Crippen molar-refractivity contribution in [3.8, 4) is 11.8 Å². The van der Waals surface area contributed by atoms with E-state index in [1.165, 1.54) is 0 Å². The van der Waals surface area contributed by atoms with Crippen LogP contribution in [0.25, 0.3) is 6.08 Å². The average molecular weight is 332 g/mol. The maximum atomic E-state index is 12.3. The van der Waals surface area contributed by atoms with E-state index in [4.69, 9.17) is 4.74 Å². The van der Waals surface area contributed by atoms with Crippen molar-refractivity contribution in [2.75, 3.05) is 0 Å². The fraction of sp³-hybridized carbons (Fsp3) is 0.238. The fourth-order valence-electron chi connectivity index (χ4n) is 2.91. The van der Waals surface area contributed by atoms with Gasteiger partial charge in [-0.15, -0.1) is 0 Å². The molecule has 0 saturated carbocycles. The van der Waals surface area contributed by atoms with Crippen LogP contribution in [-0.2, 0) is 17.8 Å². The minimum atomic E-state index is -0.372. The summed E-state index contributed by atoms with van der Waals surface area (Å²) in [5.74, 6) is 0.498. The average Bonchev–Trinajstić information content (AvgIpc) is 2.91. The predicted molar refractivity (Wildman–Crippen MR) is 96.7 cm³/mol. The van der Waals surface area contributed by atoms with Crippen molar-refractivity contribution in [3.63, 3.8) is 0 Å². The number of amides is 1. The highest BCUT2D eigenvalue weighted by atomic mass is 16.5. The number of hydrogen-bond acceptors (Lipinski definition) is 3. The van der Waals surface area contributed by atoms with Crippen molar-refractivity contribution in [1.82, 2.24) is 5.32 Å². The summed E-state index contributed by atoms with van der Waals surface area (Å²) in [5.41, 5.74) is 2.79. The lowest BCUT2D eigenvalue weighted by atomic mass is 9.99. The lowest BCUT2D eigenvalue weighted by Gasteiger charge is -2.16. The second kappa shape index (κ2) is 6.82. The lowest BCUT2D eigenvalue weighted by Crippen LogP contribution is -2.24. The Kier molecular flexibility index (Phi) is 4.58. The third-order valence-electron chi connectivity index (χ3n) is 4.06. The first-order chi connectivity index (χ1) is 12.0. The molecule has 4 heteroatoms. The van der Waals surface area contributed by atoms with E-state index in [0.29, 0.717) is 6.54 Å². The van der Waals surface area contributed by atoms with Crippen molar-refractivity contribution in [2.24, 2.45) is 0 Å². The molecule has 0 atom stereocenters. The first kappa shape index (κ1) is 16.8. The van der Waals surface area contributed by atoms with Crippen molar-refractivity contribution < 1.29 is 9.53 Å². The molecule has 4 nitrogen and oxygen atoms in total. The third-order valence-corrected chi connectivity index (χ3v) is 4.06. The van der Waals surface area contributed by atoms with E-state index >= 15 is 0 Å². The second-order valence-electron chi connectivity index (χ2n) is 6.74. The Morgan fingerprint density at radius 1 is 1.28 bits per heavy atom. The SMILES string of the molecule is CC1(C)Cc2cc(/C=C(\C#N)C(=O)NCc3ccccc3)ccc2O1. The van der Waals surface area contributed by atoms with Crippen LogP contribution >= 0.6 is 0 Å². The highest BCUT2D eigenvalue weighted by molar-refractivity contribution is 6.01. The Morgan fingerprint density at radius 3 is 2.76 bits per heavy atom. The van der Waals surface area contributed by atoms with E-state index in [1.807, 2.05) is 68.4 Å². The van der Waals surface area contributed by atoms with Crippen LogP contribution < -0.4 is 10.1 Å². The normalized spacial score (nSPS) is 15.0. The van der Waals surface area contributed by atoms with Gasteiger partial charge in [0, 0.05) is 13.0 Å². The summed E-state index contributed by atoms with van der Waals surface area (Å²) in [6.45, 7) is 4.48. The maximum absolute atomic E-state index is 12.3. The maximum Gasteiger partial charge on any atom is 0.262 e. The van der Waals surface area contributed by atoms with Gasteiger partial charge in [0.05, 0.1) is 0 Å². The summed E-state index contributed by atoms with van der Waals surface area (Å²) in [4.78, 5) is 12.3. The summed E-state index contributed by atoms with van der Waals surface area (Å²) in [5, 5.41) is 12.1. The Morgan fingerprint density at radius 2 is 2.04 bits per heavy atom. The summed E-state index contributed by atoms with van der Waals surface area (Å²) in [6.07, 6.45) is 2.43. The Labute approximate surface area is 147 Å². The summed E-state index contributed by atoms with van der Waals surface area (Å²) >= 11 is 0. The van der Waals surface area contributed by atoms with Crippen molar-refractivity contribution in [1.29, 1.82) is 5.26 Å². The molecule has 3 rings (SSSR count). The number of rotatable bonds is 4. The smallest absolute Gasteiger partial charge is 0.262 e. The highest BCUT2D eigenvalue weighted by Gasteiger charge is 2.29. The lowest BCUT2D eigenvalue weighted by molar-refractivity contribution is -0.117. The van der Waals surface area contributed by atoms with Gasteiger partial charge < -0.3 is 10.1 Å². The van der Waals surface area contributed by atoms with Crippen LogP contribution in [0.4, 0.5) is 0 Å². The molecule has 0 aromatic heterocycles. The molecule has 0 aliphatic carbocycles. The van der Waals surface area contributed by atoms with Crippen LogP contribution in [0.1, 0.15) is 30.5 Å². The van der Waals surface area contributed by atoms with Crippen LogP contribution in [-0.4, -0.2) is 11.5 Å². The molecule has 1 heterocycles. The van der Waals surface area contributed by atoms with Gasteiger partial charge in [-0.2, -0.15) is 5.26 Å². The van der Waals surface area contributed by atoms with E-state index in [0.717, 1.165) is 28.9 Å². The summed E-state index contributed by atoms with van der Waals surface area (Å²) in [7, 11) is 0. The summed E-state index contributed by atoms with van der Waals surface area (Å²) in [6, 6.07) is 17.3. The van der Waals surface area contributed by atoms with E-state index in [1.54, 1.807) is 6.08 Å². The van der Waals surface area contributed by atoms with Gasteiger partial charge in [0.15, 0.2) is 0 Å². The topological polar surface area (TPSA) is 62.1 Å². The van der Waals surface area contributed by atoms with Gasteiger partial charge >= 0.3 is 0 Å². The molecule has 0 bridgehead atoms. The molecule has 126 valence electrons. The summed E-state index contributed by atoms with van der Waals surface area (Å²) < 4.78 is 5.85. The molecule has 0 saturated heterocycles. The standard InChI is InChI=1S/C21H20N2O2/c1-21(2)12-17-10-16(8-9-19(17)25-21)11-18(13-22)20(24)23-14-15-6-4-3-5-7-15/h3-11H,12,14H2,1-2H3,(H,23,24)/b18-11+. The van der Waals surface area contributed by atoms with Gasteiger partial charge in [0.25, 0.3) is 5.91 Å². The number of nitriles is 1. The molecule has 1 aliphatic rings. The number of nitrogens with zero attached hydrogens (tertiary/aromatic N) is 1. The third kappa shape index (κ3) is 4.07. The van der Waals surface area contributed by atoms with Crippen LogP contribution in [0.15, 0.2) is 54.1 Å². The Bertz CT molecular complexity index is 861. The molecule has 0 unspecified atom stereocenters. The van der Waals surface area contributed by atoms with Crippen molar-refractivity contribution >= 4 is 12.0 Å². The molecule has 0 fully saturated rings.